The van der Waals surface area contributed by atoms with Crippen LogP contribution in [0.2, 0.25) is 0 Å². The van der Waals surface area contributed by atoms with Crippen LogP contribution in [0.4, 0.5) is 5.69 Å². The highest BCUT2D eigenvalue weighted by atomic mass is 16.5. The highest BCUT2D eigenvalue weighted by molar-refractivity contribution is 6.06. The van der Waals surface area contributed by atoms with Gasteiger partial charge in [-0.25, -0.2) is 4.79 Å². The van der Waals surface area contributed by atoms with Gasteiger partial charge < -0.3 is 14.6 Å². The van der Waals surface area contributed by atoms with Crippen LogP contribution in [-0.4, -0.2) is 30.0 Å². The number of hydrogen-bond donors (Lipinski definition) is 1. The molecule has 0 saturated carbocycles. The number of nitrogens with one attached hydrogen (secondary N) is 1. The number of nitriles is 1. The molecule has 3 aromatic rings. The van der Waals surface area contributed by atoms with Crippen molar-refractivity contribution >= 4 is 28.5 Å². The molecule has 1 N–H and O–H groups in total. The molecule has 0 aliphatic heterocycles. The zero-order valence-electron chi connectivity index (χ0n) is 16.8. The number of aromatic nitrogens is 1. The van der Waals surface area contributed by atoms with Crippen molar-refractivity contribution in [3.05, 3.63) is 64.8 Å². The van der Waals surface area contributed by atoms with E-state index in [-0.39, 0.29) is 18.9 Å². The number of ether oxygens (including phenoxy) is 1. The summed E-state index contributed by atoms with van der Waals surface area (Å²) in [5.74, 6) is -0.912. The fourth-order valence-corrected chi connectivity index (χ4v) is 3.48. The van der Waals surface area contributed by atoms with Crippen molar-refractivity contribution in [3.8, 4) is 6.07 Å². The van der Waals surface area contributed by atoms with Gasteiger partial charge in [0.2, 0.25) is 0 Å². The number of anilines is 1. The average molecular weight is 389 g/mol. The van der Waals surface area contributed by atoms with Crippen LogP contribution in [0.25, 0.3) is 10.9 Å². The zero-order valence-corrected chi connectivity index (χ0v) is 16.8. The molecule has 1 aromatic heterocycles. The monoisotopic (exact) mass is 389 g/mol. The third-order valence-corrected chi connectivity index (χ3v) is 4.69. The van der Waals surface area contributed by atoms with Crippen molar-refractivity contribution in [2.45, 2.75) is 27.2 Å². The van der Waals surface area contributed by atoms with Gasteiger partial charge in [0, 0.05) is 28.8 Å². The van der Waals surface area contributed by atoms with Gasteiger partial charge in [-0.15, -0.1) is 0 Å². The molecule has 0 atom stereocenters. The highest BCUT2D eigenvalue weighted by Crippen LogP contribution is 2.23. The summed E-state index contributed by atoms with van der Waals surface area (Å²) in [6.45, 7) is 5.54. The summed E-state index contributed by atoms with van der Waals surface area (Å²) in [6.07, 6.45) is 0.189. The Labute approximate surface area is 169 Å². The molecule has 0 unspecified atom stereocenters. The van der Waals surface area contributed by atoms with Gasteiger partial charge in [0.1, 0.15) is 0 Å². The van der Waals surface area contributed by atoms with Crippen molar-refractivity contribution in [1.82, 2.24) is 4.98 Å². The van der Waals surface area contributed by atoms with Crippen molar-refractivity contribution < 1.29 is 14.3 Å². The molecule has 0 fully saturated rings. The molecule has 0 bridgehead atoms. The maximum Gasteiger partial charge on any atom is 0.341 e. The number of para-hydroxylation sites is 1. The SMILES string of the molecule is Cc1cc(C)cc(N(CCC#N)C(=O)COC(=O)c2c(C)[nH]c3ccccc23)c1. The fourth-order valence-electron chi connectivity index (χ4n) is 3.48. The van der Waals surface area contributed by atoms with Crippen LogP contribution in [0.3, 0.4) is 0 Å². The van der Waals surface area contributed by atoms with Crippen LogP contribution in [0.1, 0.15) is 33.6 Å². The van der Waals surface area contributed by atoms with E-state index in [1.54, 1.807) is 6.92 Å². The van der Waals surface area contributed by atoms with Gasteiger partial charge in [0.05, 0.1) is 18.1 Å². The molecular weight excluding hydrogens is 366 g/mol. The summed E-state index contributed by atoms with van der Waals surface area (Å²) in [4.78, 5) is 30.1. The Hall–Kier alpha value is -3.59. The van der Waals surface area contributed by atoms with Gasteiger partial charge in [0.25, 0.3) is 5.91 Å². The van der Waals surface area contributed by atoms with E-state index >= 15 is 0 Å². The molecule has 0 radical (unpaired) electrons. The average Bonchev–Trinajstić information content (AvgIpc) is 3.01. The van der Waals surface area contributed by atoms with Crippen LogP contribution < -0.4 is 4.90 Å². The summed E-state index contributed by atoms with van der Waals surface area (Å²) in [6, 6.07) is 15.3. The van der Waals surface area contributed by atoms with Crippen molar-refractivity contribution in [1.29, 1.82) is 5.26 Å². The summed E-state index contributed by atoms with van der Waals surface area (Å²) in [5, 5.41) is 9.71. The lowest BCUT2D eigenvalue weighted by Crippen LogP contribution is -2.35. The van der Waals surface area contributed by atoms with Crippen molar-refractivity contribution in [2.24, 2.45) is 0 Å². The number of rotatable bonds is 6. The number of aryl methyl sites for hydroxylation is 3. The minimum absolute atomic E-state index is 0.189. The molecule has 0 aliphatic rings. The largest absolute Gasteiger partial charge is 0.452 e. The van der Waals surface area contributed by atoms with Crippen LogP contribution >= 0.6 is 0 Å². The fraction of sp³-hybridized carbons (Fsp3) is 0.261. The van der Waals surface area contributed by atoms with E-state index in [0.29, 0.717) is 16.9 Å². The second-order valence-corrected chi connectivity index (χ2v) is 7.05. The molecule has 0 aliphatic carbocycles. The van der Waals surface area contributed by atoms with Crippen LogP contribution in [0, 0.1) is 32.1 Å². The lowest BCUT2D eigenvalue weighted by atomic mass is 10.1. The first-order chi connectivity index (χ1) is 13.9. The quantitative estimate of drug-likeness (QED) is 0.640. The van der Waals surface area contributed by atoms with E-state index in [4.69, 9.17) is 10.00 Å². The normalized spacial score (nSPS) is 10.6. The number of benzene rings is 2. The molecule has 1 heterocycles. The number of esters is 1. The Morgan fingerprint density at radius 1 is 1.10 bits per heavy atom. The first-order valence-corrected chi connectivity index (χ1v) is 9.40. The number of carbonyl (C=O) groups excluding carboxylic acids is 2. The van der Waals surface area contributed by atoms with Crippen molar-refractivity contribution in [2.75, 3.05) is 18.1 Å². The number of carbonyl (C=O) groups is 2. The number of amides is 1. The third-order valence-electron chi connectivity index (χ3n) is 4.69. The van der Waals surface area contributed by atoms with Gasteiger partial charge >= 0.3 is 5.97 Å². The van der Waals surface area contributed by atoms with Gasteiger partial charge in [-0.1, -0.05) is 24.3 Å². The molecule has 6 heteroatoms. The maximum atomic E-state index is 12.8. The Morgan fingerprint density at radius 3 is 2.48 bits per heavy atom. The molecule has 6 nitrogen and oxygen atoms in total. The van der Waals surface area contributed by atoms with Gasteiger partial charge in [-0.3, -0.25) is 4.79 Å². The maximum absolute atomic E-state index is 12.8. The molecule has 3 rings (SSSR count). The Bertz CT molecular complexity index is 1090. The smallest absolute Gasteiger partial charge is 0.341 e. The number of hydrogen-bond acceptors (Lipinski definition) is 4. The second kappa shape index (κ2) is 8.61. The Morgan fingerprint density at radius 2 is 1.79 bits per heavy atom. The van der Waals surface area contributed by atoms with Crippen LogP contribution in [0.15, 0.2) is 42.5 Å². The van der Waals surface area contributed by atoms with Crippen LogP contribution in [-0.2, 0) is 9.53 Å². The first kappa shape index (κ1) is 20.2. The van der Waals surface area contributed by atoms with E-state index in [2.05, 4.69) is 11.1 Å². The van der Waals surface area contributed by atoms with Gasteiger partial charge in [-0.05, 0) is 50.1 Å². The standard InChI is InChI=1S/C23H23N3O3/c1-15-11-16(2)13-18(12-15)26(10-6-9-24)21(27)14-29-23(28)22-17(3)25-20-8-5-4-7-19(20)22/h4-5,7-8,11-13,25H,6,10,14H2,1-3H3. The number of H-pyrrole nitrogens is 1. The van der Waals surface area contributed by atoms with E-state index in [9.17, 15) is 9.59 Å². The molecule has 2 aromatic carbocycles. The molecule has 0 spiro atoms. The van der Waals surface area contributed by atoms with Gasteiger partial charge in [0.15, 0.2) is 6.61 Å². The minimum Gasteiger partial charge on any atom is -0.452 e. The summed E-state index contributed by atoms with van der Waals surface area (Å²) in [5.41, 5.74) is 4.70. The minimum atomic E-state index is -0.547. The van der Waals surface area contributed by atoms with Crippen molar-refractivity contribution in [3.63, 3.8) is 0 Å². The molecule has 29 heavy (non-hydrogen) atoms. The summed E-state index contributed by atoms with van der Waals surface area (Å²) >= 11 is 0. The van der Waals surface area contributed by atoms with Crippen LogP contribution in [0.5, 0.6) is 0 Å². The summed E-state index contributed by atoms with van der Waals surface area (Å²) in [7, 11) is 0. The Kier molecular flexibility index (Phi) is 5.99. The highest BCUT2D eigenvalue weighted by Gasteiger charge is 2.21. The molecule has 1 amide bonds. The topological polar surface area (TPSA) is 86.2 Å². The zero-order chi connectivity index (χ0) is 21.0. The predicted molar refractivity (Wildman–Crippen MR) is 112 cm³/mol. The lowest BCUT2D eigenvalue weighted by molar-refractivity contribution is -0.121. The Balaban J connectivity index is 1.78. The lowest BCUT2D eigenvalue weighted by Gasteiger charge is -2.22. The predicted octanol–water partition coefficient (Wildman–Crippen LogP) is 4.20. The molecule has 0 saturated heterocycles. The first-order valence-electron chi connectivity index (χ1n) is 9.40. The van der Waals surface area contributed by atoms with E-state index < -0.39 is 12.6 Å². The van der Waals surface area contributed by atoms with E-state index in [1.807, 2.05) is 56.3 Å². The second-order valence-electron chi connectivity index (χ2n) is 7.05. The van der Waals surface area contributed by atoms with E-state index in [0.717, 1.165) is 22.0 Å². The number of fused-ring (bicyclic) bond motifs is 1. The van der Waals surface area contributed by atoms with E-state index in [1.165, 1.54) is 4.90 Å². The molecular formula is C23H23N3O3. The number of nitrogens with zero attached hydrogens (tertiary/aromatic N) is 2. The number of aromatic amines is 1. The van der Waals surface area contributed by atoms with Gasteiger partial charge in [-0.2, -0.15) is 5.26 Å². The molecule has 148 valence electrons. The third kappa shape index (κ3) is 4.46. The summed E-state index contributed by atoms with van der Waals surface area (Å²) < 4.78 is 5.35.